The fraction of sp³-hybridized carbons (Fsp3) is 0.278. The Labute approximate surface area is 142 Å². The molecule has 3 rings (SSSR count). The molecule has 2 heterocycles. The number of aromatic nitrogens is 1. The number of fused-ring (bicyclic) bond motifs is 1. The van der Waals surface area contributed by atoms with Gasteiger partial charge in [0.25, 0.3) is 0 Å². The first-order valence-corrected chi connectivity index (χ1v) is 7.98. The van der Waals surface area contributed by atoms with Crippen LogP contribution in [0.3, 0.4) is 0 Å². The molecule has 1 aromatic carbocycles. The van der Waals surface area contributed by atoms with Gasteiger partial charge in [0.05, 0.1) is 5.56 Å². The smallest absolute Gasteiger partial charge is 0.129 e. The molecule has 1 aliphatic heterocycles. The Morgan fingerprint density at radius 2 is 2.21 bits per heavy atom. The van der Waals surface area contributed by atoms with Crippen molar-refractivity contribution in [3.8, 4) is 0 Å². The van der Waals surface area contributed by atoms with Gasteiger partial charge < -0.3 is 27.1 Å². The molecule has 126 valence electrons. The lowest BCUT2D eigenvalue weighted by atomic mass is 9.97. The van der Waals surface area contributed by atoms with Crippen molar-refractivity contribution in [2.24, 2.45) is 10.7 Å². The fourth-order valence-corrected chi connectivity index (χ4v) is 3.09. The van der Waals surface area contributed by atoms with Gasteiger partial charge in [0.15, 0.2) is 0 Å². The highest BCUT2D eigenvalue weighted by atomic mass is 15.0. The molecule has 0 amide bonds. The number of anilines is 2. The van der Waals surface area contributed by atoms with E-state index in [-0.39, 0.29) is 6.04 Å². The minimum absolute atomic E-state index is 0.247. The summed E-state index contributed by atoms with van der Waals surface area (Å²) in [7, 11) is 1.64. The molecule has 0 fully saturated rings. The third kappa shape index (κ3) is 2.95. The molecule has 6 heteroatoms. The highest BCUT2D eigenvalue weighted by Crippen LogP contribution is 2.26. The van der Waals surface area contributed by atoms with E-state index in [1.807, 2.05) is 6.20 Å². The van der Waals surface area contributed by atoms with E-state index in [9.17, 15) is 0 Å². The number of aryl methyl sites for hydroxylation is 1. The quantitative estimate of drug-likeness (QED) is 0.437. The van der Waals surface area contributed by atoms with E-state index in [4.69, 9.17) is 11.5 Å². The monoisotopic (exact) mass is 324 g/mol. The average molecular weight is 324 g/mol. The fourth-order valence-electron chi connectivity index (χ4n) is 3.09. The van der Waals surface area contributed by atoms with E-state index in [1.54, 1.807) is 7.05 Å². The number of H-pyrrole nitrogens is 1. The minimum atomic E-state index is 0.247. The molecule has 7 N–H and O–H groups in total. The molecular formula is C18H24N6. The zero-order valence-corrected chi connectivity index (χ0v) is 14.1. The third-order valence-corrected chi connectivity index (χ3v) is 4.38. The number of nitrogen functional groups attached to an aromatic ring is 1. The molecule has 1 unspecified atom stereocenters. The first kappa shape index (κ1) is 16.0. The predicted octanol–water partition coefficient (Wildman–Crippen LogP) is 1.84. The number of nitrogens with one attached hydrogen (secondary N) is 3. The Hall–Kier alpha value is -2.89. The molecule has 0 spiro atoms. The van der Waals surface area contributed by atoms with Crippen LogP contribution in [0.25, 0.3) is 5.70 Å². The Kier molecular flexibility index (Phi) is 4.20. The first-order valence-electron chi connectivity index (χ1n) is 7.98. The van der Waals surface area contributed by atoms with Crippen molar-refractivity contribution in [1.82, 2.24) is 10.3 Å². The van der Waals surface area contributed by atoms with Gasteiger partial charge in [-0.15, -0.1) is 0 Å². The number of hydrogen-bond donors (Lipinski definition) is 5. The molecule has 0 saturated carbocycles. The van der Waals surface area contributed by atoms with Crippen molar-refractivity contribution in [2.45, 2.75) is 19.4 Å². The SMILES string of the molecule is C=C(NC1CNc2cc(C)ccc2C1)c1c[nH]c(N)c1C(N)=NC. The van der Waals surface area contributed by atoms with Crippen LogP contribution in [0.1, 0.15) is 22.3 Å². The highest BCUT2D eigenvalue weighted by Gasteiger charge is 2.21. The number of nitrogens with zero attached hydrogens (tertiary/aromatic N) is 1. The van der Waals surface area contributed by atoms with Crippen molar-refractivity contribution in [3.63, 3.8) is 0 Å². The average Bonchev–Trinajstić information content (AvgIpc) is 2.96. The van der Waals surface area contributed by atoms with Crippen molar-refractivity contribution in [1.29, 1.82) is 0 Å². The van der Waals surface area contributed by atoms with Crippen molar-refractivity contribution >= 4 is 23.0 Å². The zero-order valence-electron chi connectivity index (χ0n) is 14.1. The number of amidine groups is 1. The van der Waals surface area contributed by atoms with E-state index in [1.165, 1.54) is 16.8 Å². The van der Waals surface area contributed by atoms with Crippen LogP contribution in [-0.2, 0) is 6.42 Å². The van der Waals surface area contributed by atoms with Crippen LogP contribution in [0.15, 0.2) is 36.0 Å². The van der Waals surface area contributed by atoms with Crippen LogP contribution in [0, 0.1) is 6.92 Å². The summed E-state index contributed by atoms with van der Waals surface area (Å²) in [6.07, 6.45) is 2.75. The van der Waals surface area contributed by atoms with Gasteiger partial charge in [-0.05, 0) is 30.5 Å². The Bertz CT molecular complexity index is 802. The molecule has 1 atom stereocenters. The summed E-state index contributed by atoms with van der Waals surface area (Å²) in [5, 5.41) is 6.96. The lowest BCUT2D eigenvalue weighted by molar-refractivity contribution is 0.604. The van der Waals surface area contributed by atoms with Crippen molar-refractivity contribution in [2.75, 3.05) is 24.6 Å². The molecular weight excluding hydrogens is 300 g/mol. The van der Waals surface area contributed by atoms with E-state index >= 15 is 0 Å². The van der Waals surface area contributed by atoms with E-state index in [0.29, 0.717) is 17.2 Å². The van der Waals surface area contributed by atoms with Crippen LogP contribution in [0.2, 0.25) is 0 Å². The summed E-state index contributed by atoms with van der Waals surface area (Å²) in [5.74, 6) is 0.896. The highest BCUT2D eigenvalue weighted by molar-refractivity contribution is 6.05. The summed E-state index contributed by atoms with van der Waals surface area (Å²) in [6, 6.07) is 6.75. The Balaban J connectivity index is 1.76. The molecule has 6 nitrogen and oxygen atoms in total. The molecule has 0 aliphatic carbocycles. The number of benzene rings is 1. The summed E-state index contributed by atoms with van der Waals surface area (Å²) < 4.78 is 0. The number of rotatable bonds is 4. The Morgan fingerprint density at radius 3 is 2.96 bits per heavy atom. The van der Waals surface area contributed by atoms with Crippen molar-refractivity contribution < 1.29 is 0 Å². The van der Waals surface area contributed by atoms with Gasteiger partial charge in [-0.3, -0.25) is 4.99 Å². The van der Waals surface area contributed by atoms with Gasteiger partial charge in [-0.1, -0.05) is 18.7 Å². The zero-order chi connectivity index (χ0) is 17.3. The van der Waals surface area contributed by atoms with Crippen LogP contribution >= 0.6 is 0 Å². The molecule has 0 bridgehead atoms. The lowest BCUT2D eigenvalue weighted by Gasteiger charge is -2.28. The Morgan fingerprint density at radius 1 is 1.42 bits per heavy atom. The summed E-state index contributed by atoms with van der Waals surface area (Å²) in [4.78, 5) is 7.03. The van der Waals surface area contributed by atoms with Crippen molar-refractivity contribution in [3.05, 3.63) is 53.2 Å². The van der Waals surface area contributed by atoms with Crippen LogP contribution in [0.5, 0.6) is 0 Å². The standard InChI is InChI=1S/C18H24N6/c1-10-4-5-12-7-13(8-22-15(12)6-10)24-11(2)14-9-23-18(20)16(14)17(19)21-3/h4-6,9,13,22-24H,2,7-8,20H2,1,3H3,(H2,19,21). The molecule has 0 saturated heterocycles. The second-order valence-electron chi connectivity index (χ2n) is 6.17. The third-order valence-electron chi connectivity index (χ3n) is 4.38. The van der Waals surface area contributed by atoms with Gasteiger partial charge in [-0.2, -0.15) is 0 Å². The predicted molar refractivity (Wildman–Crippen MR) is 101 cm³/mol. The van der Waals surface area contributed by atoms with Gasteiger partial charge in [0.1, 0.15) is 11.7 Å². The first-order chi connectivity index (χ1) is 11.5. The largest absolute Gasteiger partial charge is 0.385 e. The topological polar surface area (TPSA) is 104 Å². The van der Waals surface area contributed by atoms with E-state index in [0.717, 1.165) is 24.2 Å². The maximum Gasteiger partial charge on any atom is 0.129 e. The number of aromatic amines is 1. The minimum Gasteiger partial charge on any atom is -0.385 e. The molecule has 1 aliphatic rings. The summed E-state index contributed by atoms with van der Waals surface area (Å²) in [6.45, 7) is 7.09. The lowest BCUT2D eigenvalue weighted by Crippen LogP contribution is -2.39. The van der Waals surface area contributed by atoms with E-state index in [2.05, 4.69) is 52.3 Å². The number of aliphatic imine (C=N–C) groups is 1. The van der Waals surface area contributed by atoms with Crippen LogP contribution < -0.4 is 22.1 Å². The van der Waals surface area contributed by atoms with Gasteiger partial charge in [0, 0.05) is 42.8 Å². The maximum atomic E-state index is 5.97. The molecule has 2 aromatic rings. The number of nitrogens with two attached hydrogens (primary N) is 2. The summed E-state index contributed by atoms with van der Waals surface area (Å²) >= 11 is 0. The normalized spacial score (nSPS) is 17.1. The van der Waals surface area contributed by atoms with Crippen LogP contribution in [-0.4, -0.2) is 30.5 Å². The number of hydrogen-bond acceptors (Lipinski definition) is 4. The maximum absolute atomic E-state index is 5.97. The second kappa shape index (κ2) is 6.31. The molecule has 1 aromatic heterocycles. The van der Waals surface area contributed by atoms with E-state index < -0.39 is 0 Å². The second-order valence-corrected chi connectivity index (χ2v) is 6.17. The van der Waals surface area contributed by atoms with Gasteiger partial charge in [0.2, 0.25) is 0 Å². The molecule has 0 radical (unpaired) electrons. The molecule has 24 heavy (non-hydrogen) atoms. The van der Waals surface area contributed by atoms with Gasteiger partial charge >= 0.3 is 0 Å². The van der Waals surface area contributed by atoms with Crippen LogP contribution in [0.4, 0.5) is 11.5 Å². The van der Waals surface area contributed by atoms with Gasteiger partial charge in [-0.25, -0.2) is 0 Å². The summed E-state index contributed by atoms with van der Waals surface area (Å²) in [5.41, 5.74) is 18.1.